The molecule has 0 unspecified atom stereocenters. The van der Waals surface area contributed by atoms with Crippen molar-refractivity contribution in [2.45, 2.75) is 6.18 Å². The minimum atomic E-state index is -4.73. The molecule has 0 spiro atoms. The van der Waals surface area contributed by atoms with Crippen LogP contribution in [-0.4, -0.2) is 11.3 Å². The van der Waals surface area contributed by atoms with Gasteiger partial charge in [0.25, 0.3) is 0 Å². The van der Waals surface area contributed by atoms with Gasteiger partial charge in [0.15, 0.2) is 0 Å². The maximum absolute atomic E-state index is 12.7. The Morgan fingerprint density at radius 1 is 1.33 bits per heavy atom. The first kappa shape index (κ1) is 12.4. The van der Waals surface area contributed by atoms with E-state index in [1.165, 1.54) is 6.07 Å². The van der Waals surface area contributed by atoms with Gasteiger partial charge in [0.05, 0.1) is 5.69 Å². The predicted octanol–water partition coefficient (Wildman–Crippen LogP) is 4.42. The molecular formula is C8H3BrClF4N. The van der Waals surface area contributed by atoms with Crippen LogP contribution in [0.1, 0.15) is 0 Å². The second-order valence-electron chi connectivity index (χ2n) is 2.50. The highest BCUT2D eigenvalue weighted by molar-refractivity contribution is 9.10. The second kappa shape index (κ2) is 4.49. The molecule has 0 amide bonds. The predicted molar refractivity (Wildman–Crippen MR) is 53.1 cm³/mol. The number of alkyl halides is 3. The molecule has 0 saturated heterocycles. The van der Waals surface area contributed by atoms with Crippen LogP contribution in [0.4, 0.5) is 23.2 Å². The van der Waals surface area contributed by atoms with Crippen molar-refractivity contribution >= 4 is 38.4 Å². The first-order valence-electron chi connectivity index (χ1n) is 3.57. The number of rotatable bonds is 1. The van der Waals surface area contributed by atoms with Crippen LogP contribution in [0.3, 0.4) is 0 Å². The fraction of sp³-hybridized carbons (Fsp3) is 0.125. The third-order valence-corrected chi connectivity index (χ3v) is 2.33. The van der Waals surface area contributed by atoms with E-state index in [1.807, 2.05) is 0 Å². The summed E-state index contributed by atoms with van der Waals surface area (Å²) < 4.78 is 48.9. The van der Waals surface area contributed by atoms with Crippen LogP contribution in [-0.2, 0) is 0 Å². The Labute approximate surface area is 95.9 Å². The van der Waals surface area contributed by atoms with Crippen LogP contribution < -0.4 is 0 Å². The van der Waals surface area contributed by atoms with E-state index in [4.69, 9.17) is 11.6 Å². The van der Waals surface area contributed by atoms with E-state index < -0.39 is 17.2 Å². The summed E-state index contributed by atoms with van der Waals surface area (Å²) in [5.74, 6) is -0.691. The van der Waals surface area contributed by atoms with Gasteiger partial charge in [-0.1, -0.05) is 11.6 Å². The van der Waals surface area contributed by atoms with Crippen LogP contribution >= 0.6 is 27.5 Å². The molecule has 7 heteroatoms. The third kappa shape index (κ3) is 3.46. The summed E-state index contributed by atoms with van der Waals surface area (Å²) in [6, 6.07) is 3.18. The molecule has 0 radical (unpaired) electrons. The number of halogens is 6. The van der Waals surface area contributed by atoms with Crippen LogP contribution in [0, 0.1) is 5.82 Å². The van der Waals surface area contributed by atoms with Gasteiger partial charge in [-0.25, -0.2) is 9.38 Å². The molecule has 15 heavy (non-hydrogen) atoms. The summed E-state index contributed by atoms with van der Waals surface area (Å²) in [5.41, 5.74) is -0.211. The third-order valence-electron chi connectivity index (χ3n) is 1.36. The lowest BCUT2D eigenvalue weighted by molar-refractivity contribution is -0.0558. The molecule has 0 atom stereocenters. The lowest BCUT2D eigenvalue weighted by Crippen LogP contribution is -2.16. The van der Waals surface area contributed by atoms with Crippen molar-refractivity contribution in [3.63, 3.8) is 0 Å². The zero-order valence-electron chi connectivity index (χ0n) is 6.95. The minimum absolute atomic E-state index is 0.211. The largest absolute Gasteiger partial charge is 0.444 e. The fourth-order valence-corrected chi connectivity index (χ4v) is 1.17. The van der Waals surface area contributed by atoms with Gasteiger partial charge >= 0.3 is 6.18 Å². The SMILES string of the molecule is Fc1ccc(Br)c(N=C(Cl)C(F)(F)F)c1. The molecule has 1 nitrogen and oxygen atoms in total. The van der Waals surface area contributed by atoms with Crippen LogP contribution in [0.15, 0.2) is 27.7 Å². The van der Waals surface area contributed by atoms with Gasteiger partial charge in [-0.2, -0.15) is 13.2 Å². The monoisotopic (exact) mass is 303 g/mol. The Kier molecular flexibility index (Phi) is 3.72. The highest BCUT2D eigenvalue weighted by atomic mass is 79.9. The van der Waals surface area contributed by atoms with E-state index >= 15 is 0 Å². The molecule has 0 aliphatic carbocycles. The first-order valence-corrected chi connectivity index (χ1v) is 4.74. The molecule has 0 heterocycles. The van der Waals surface area contributed by atoms with E-state index in [1.54, 1.807) is 0 Å². The van der Waals surface area contributed by atoms with E-state index in [0.29, 0.717) is 0 Å². The van der Waals surface area contributed by atoms with Crippen molar-refractivity contribution in [1.29, 1.82) is 0 Å². The molecule has 0 N–H and O–H groups in total. The number of benzene rings is 1. The second-order valence-corrected chi connectivity index (χ2v) is 3.71. The molecule has 82 valence electrons. The van der Waals surface area contributed by atoms with Gasteiger partial charge in [0, 0.05) is 10.5 Å². The number of aliphatic imine (C=N–C) groups is 1. The Hall–Kier alpha value is -0.620. The zero-order valence-corrected chi connectivity index (χ0v) is 9.29. The van der Waals surface area contributed by atoms with Gasteiger partial charge in [-0.15, -0.1) is 0 Å². The summed E-state index contributed by atoms with van der Waals surface area (Å²) in [6.07, 6.45) is -4.73. The Morgan fingerprint density at radius 2 is 1.93 bits per heavy atom. The van der Waals surface area contributed by atoms with E-state index in [-0.39, 0.29) is 10.2 Å². The van der Waals surface area contributed by atoms with Gasteiger partial charge in [-0.05, 0) is 28.1 Å². The molecular weight excluding hydrogens is 301 g/mol. The van der Waals surface area contributed by atoms with Gasteiger partial charge in [-0.3, -0.25) is 0 Å². The Morgan fingerprint density at radius 3 is 2.47 bits per heavy atom. The summed E-state index contributed by atoms with van der Waals surface area (Å²) in [4.78, 5) is 3.06. The van der Waals surface area contributed by atoms with Crippen LogP contribution in [0.5, 0.6) is 0 Å². The summed E-state index contributed by atoms with van der Waals surface area (Å²) in [7, 11) is 0. The lowest BCUT2D eigenvalue weighted by atomic mass is 10.3. The smallest absolute Gasteiger partial charge is 0.231 e. The van der Waals surface area contributed by atoms with Gasteiger partial charge in [0.1, 0.15) is 5.82 Å². The van der Waals surface area contributed by atoms with Crippen molar-refractivity contribution in [3.8, 4) is 0 Å². The van der Waals surface area contributed by atoms with E-state index in [0.717, 1.165) is 12.1 Å². The summed E-state index contributed by atoms with van der Waals surface area (Å²) >= 11 is 7.82. The molecule has 0 fully saturated rings. The first-order chi connectivity index (χ1) is 6.80. The van der Waals surface area contributed by atoms with Crippen LogP contribution in [0.25, 0.3) is 0 Å². The lowest BCUT2D eigenvalue weighted by Gasteiger charge is -2.04. The maximum Gasteiger partial charge on any atom is 0.444 e. The Balaban J connectivity index is 3.13. The summed E-state index contributed by atoms with van der Waals surface area (Å²) in [6.45, 7) is 0. The fourth-order valence-electron chi connectivity index (χ4n) is 0.741. The van der Waals surface area contributed by atoms with Crippen molar-refractivity contribution in [1.82, 2.24) is 0 Å². The number of hydrogen-bond acceptors (Lipinski definition) is 1. The van der Waals surface area contributed by atoms with Crippen molar-refractivity contribution < 1.29 is 17.6 Å². The molecule has 1 aromatic rings. The highest BCUT2D eigenvalue weighted by Crippen LogP contribution is 2.29. The molecule has 0 aliphatic heterocycles. The Bertz CT molecular complexity index is 402. The summed E-state index contributed by atoms with van der Waals surface area (Å²) in [5, 5.41) is -1.55. The molecule has 1 rings (SSSR count). The molecule has 0 saturated carbocycles. The maximum atomic E-state index is 12.7. The molecule has 1 aromatic carbocycles. The van der Waals surface area contributed by atoms with Crippen molar-refractivity contribution in [2.75, 3.05) is 0 Å². The van der Waals surface area contributed by atoms with Crippen molar-refractivity contribution in [3.05, 3.63) is 28.5 Å². The standard InChI is InChI=1S/C8H3BrClF4N/c9-5-2-1-4(11)3-6(5)15-7(10)8(12,13)14/h1-3H. The molecule has 0 aromatic heterocycles. The number of nitrogens with zero attached hydrogens (tertiary/aromatic N) is 1. The number of hydrogen-bond donors (Lipinski definition) is 0. The highest BCUT2D eigenvalue weighted by Gasteiger charge is 2.34. The molecule has 0 aliphatic rings. The van der Waals surface area contributed by atoms with Crippen molar-refractivity contribution in [2.24, 2.45) is 4.99 Å². The van der Waals surface area contributed by atoms with Gasteiger partial charge in [0.2, 0.25) is 5.17 Å². The quantitative estimate of drug-likeness (QED) is 0.538. The normalized spacial score (nSPS) is 13.1. The van der Waals surface area contributed by atoms with Gasteiger partial charge < -0.3 is 0 Å². The average Bonchev–Trinajstić information content (AvgIpc) is 2.09. The van der Waals surface area contributed by atoms with E-state index in [9.17, 15) is 17.6 Å². The molecule has 0 bridgehead atoms. The average molecular weight is 304 g/mol. The van der Waals surface area contributed by atoms with Crippen LogP contribution in [0.2, 0.25) is 0 Å². The van der Waals surface area contributed by atoms with E-state index in [2.05, 4.69) is 20.9 Å². The topological polar surface area (TPSA) is 12.4 Å². The zero-order chi connectivity index (χ0) is 11.6. The minimum Gasteiger partial charge on any atom is -0.231 e.